The van der Waals surface area contributed by atoms with Gasteiger partial charge in [-0.25, -0.2) is 4.79 Å². The number of fused-ring (bicyclic) bond motifs is 1. The van der Waals surface area contributed by atoms with Crippen molar-refractivity contribution >= 4 is 23.0 Å². The molecule has 2 aromatic rings. The monoisotopic (exact) mass is 348 g/mol. The van der Waals surface area contributed by atoms with Gasteiger partial charge in [0.2, 0.25) is 0 Å². The fourth-order valence-electron chi connectivity index (χ4n) is 2.45. The average molecular weight is 348 g/mol. The van der Waals surface area contributed by atoms with Gasteiger partial charge in [-0.3, -0.25) is 4.79 Å². The van der Waals surface area contributed by atoms with Crippen molar-refractivity contribution in [3.8, 4) is 5.75 Å². The van der Waals surface area contributed by atoms with Crippen LogP contribution in [0.2, 0.25) is 0 Å². The van der Waals surface area contributed by atoms with Gasteiger partial charge in [-0.05, 0) is 31.9 Å². The van der Waals surface area contributed by atoms with Crippen LogP contribution in [0, 0.1) is 0 Å². The Labute approximate surface area is 146 Å². The molecule has 136 valence electrons. The number of carbonyl (C=O) groups excluding carboxylic acids is 2. The summed E-state index contributed by atoms with van der Waals surface area (Å²) in [5, 5.41) is 6.51. The van der Waals surface area contributed by atoms with Crippen LogP contribution in [0.3, 0.4) is 0 Å². The minimum atomic E-state index is -0.285. The van der Waals surface area contributed by atoms with Crippen LogP contribution < -0.4 is 15.4 Å². The van der Waals surface area contributed by atoms with E-state index in [0.717, 1.165) is 5.39 Å². The third-order valence-corrected chi connectivity index (χ3v) is 3.84. The van der Waals surface area contributed by atoms with E-state index >= 15 is 0 Å². The smallest absolute Gasteiger partial charge is 0.315 e. The number of amides is 2. The third-order valence-electron chi connectivity index (χ3n) is 3.84. The van der Waals surface area contributed by atoms with E-state index < -0.39 is 0 Å². The van der Waals surface area contributed by atoms with Gasteiger partial charge in [0.25, 0.3) is 0 Å². The number of hydrogen-bond acceptors (Lipinski definition) is 5. The number of methoxy groups -OCH3 is 2. The number of rotatable bonds is 8. The highest BCUT2D eigenvalue weighted by molar-refractivity contribution is 5.84. The average Bonchev–Trinajstić information content (AvgIpc) is 3.05. The molecule has 1 atom stereocenters. The molecule has 0 bridgehead atoms. The predicted octanol–water partition coefficient (Wildman–Crippen LogP) is 3.14. The first-order chi connectivity index (χ1) is 12.0. The lowest BCUT2D eigenvalue weighted by Crippen LogP contribution is -2.37. The molecule has 0 aliphatic carbocycles. The molecule has 0 saturated heterocycles. The minimum Gasteiger partial charge on any atom is -0.493 e. The van der Waals surface area contributed by atoms with E-state index in [9.17, 15) is 9.59 Å². The number of nitrogens with one attached hydrogen (secondary N) is 2. The molecular formula is C18H24N2O5. The van der Waals surface area contributed by atoms with Gasteiger partial charge in [0, 0.05) is 18.4 Å². The molecule has 7 nitrogen and oxygen atoms in total. The summed E-state index contributed by atoms with van der Waals surface area (Å²) >= 11 is 0. The van der Waals surface area contributed by atoms with Gasteiger partial charge < -0.3 is 24.5 Å². The van der Waals surface area contributed by atoms with E-state index in [4.69, 9.17) is 9.15 Å². The second kappa shape index (κ2) is 8.96. The fraction of sp³-hybridized carbons (Fsp3) is 0.444. The number of para-hydroxylation sites is 1. The van der Waals surface area contributed by atoms with Gasteiger partial charge in [-0.2, -0.15) is 0 Å². The predicted molar refractivity (Wildman–Crippen MR) is 93.6 cm³/mol. The Kier molecular flexibility index (Phi) is 6.68. The van der Waals surface area contributed by atoms with E-state index in [2.05, 4.69) is 15.4 Å². The maximum Gasteiger partial charge on any atom is 0.315 e. The molecule has 2 amide bonds. The topological polar surface area (TPSA) is 89.8 Å². The van der Waals surface area contributed by atoms with Gasteiger partial charge in [0.05, 0.1) is 20.3 Å². The molecule has 2 rings (SSSR count). The molecule has 0 aliphatic rings. The van der Waals surface area contributed by atoms with Crippen LogP contribution in [-0.4, -0.2) is 32.8 Å². The molecule has 1 heterocycles. The van der Waals surface area contributed by atoms with Crippen molar-refractivity contribution in [1.29, 1.82) is 0 Å². The number of esters is 1. The quantitative estimate of drug-likeness (QED) is 0.565. The summed E-state index contributed by atoms with van der Waals surface area (Å²) in [6.45, 7) is 2.34. The van der Waals surface area contributed by atoms with Gasteiger partial charge in [-0.15, -0.1) is 0 Å². The van der Waals surface area contributed by atoms with Crippen LogP contribution >= 0.6 is 0 Å². The first-order valence-corrected chi connectivity index (χ1v) is 8.22. The van der Waals surface area contributed by atoms with Crippen LogP contribution in [0.15, 0.2) is 28.7 Å². The molecule has 1 aromatic carbocycles. The first kappa shape index (κ1) is 18.6. The highest BCUT2D eigenvalue weighted by atomic mass is 16.5. The van der Waals surface area contributed by atoms with E-state index in [1.165, 1.54) is 7.11 Å². The van der Waals surface area contributed by atoms with Crippen molar-refractivity contribution in [2.45, 2.75) is 32.2 Å². The lowest BCUT2D eigenvalue weighted by Gasteiger charge is -2.12. The van der Waals surface area contributed by atoms with Crippen LogP contribution in [-0.2, 0) is 9.53 Å². The SMILES string of the molecule is COC(=O)CCCCNC(=O)NC(C)c1cc2cccc(OC)c2o1. The largest absolute Gasteiger partial charge is 0.493 e. The van der Waals surface area contributed by atoms with Crippen LogP contribution in [0.4, 0.5) is 4.79 Å². The number of urea groups is 1. The molecule has 0 radical (unpaired) electrons. The van der Waals surface area contributed by atoms with Gasteiger partial charge in [0.15, 0.2) is 11.3 Å². The fourth-order valence-corrected chi connectivity index (χ4v) is 2.45. The van der Waals surface area contributed by atoms with E-state index in [0.29, 0.717) is 42.9 Å². The Morgan fingerprint density at radius 1 is 1.24 bits per heavy atom. The summed E-state index contributed by atoms with van der Waals surface area (Å²) in [7, 11) is 2.95. The number of furan rings is 1. The zero-order valence-electron chi connectivity index (χ0n) is 14.8. The second-order valence-corrected chi connectivity index (χ2v) is 5.68. The lowest BCUT2D eigenvalue weighted by atomic mass is 10.2. The summed E-state index contributed by atoms with van der Waals surface area (Å²) in [5.41, 5.74) is 0.664. The first-order valence-electron chi connectivity index (χ1n) is 8.22. The lowest BCUT2D eigenvalue weighted by molar-refractivity contribution is -0.140. The molecule has 0 fully saturated rings. The van der Waals surface area contributed by atoms with E-state index in [-0.39, 0.29) is 18.0 Å². The van der Waals surface area contributed by atoms with Crippen LogP contribution in [0.1, 0.15) is 38.0 Å². The Bertz CT molecular complexity index is 725. The molecule has 0 spiro atoms. The Morgan fingerprint density at radius 3 is 2.76 bits per heavy atom. The number of ether oxygens (including phenoxy) is 2. The van der Waals surface area contributed by atoms with Crippen molar-refractivity contribution in [2.75, 3.05) is 20.8 Å². The maximum absolute atomic E-state index is 11.9. The Hall–Kier alpha value is -2.70. The molecule has 1 unspecified atom stereocenters. The summed E-state index contributed by atoms with van der Waals surface area (Å²) in [4.78, 5) is 22.9. The second-order valence-electron chi connectivity index (χ2n) is 5.68. The number of hydrogen-bond donors (Lipinski definition) is 2. The van der Waals surface area contributed by atoms with Crippen molar-refractivity contribution in [1.82, 2.24) is 10.6 Å². The highest BCUT2D eigenvalue weighted by Crippen LogP contribution is 2.30. The summed E-state index contributed by atoms with van der Waals surface area (Å²) in [6.07, 6.45) is 1.74. The van der Waals surface area contributed by atoms with Crippen molar-refractivity contribution in [2.24, 2.45) is 0 Å². The van der Waals surface area contributed by atoms with Crippen molar-refractivity contribution in [3.63, 3.8) is 0 Å². The van der Waals surface area contributed by atoms with E-state index in [1.54, 1.807) is 7.11 Å². The van der Waals surface area contributed by atoms with E-state index in [1.807, 2.05) is 31.2 Å². The zero-order chi connectivity index (χ0) is 18.2. The van der Waals surface area contributed by atoms with Crippen LogP contribution in [0.5, 0.6) is 5.75 Å². The third kappa shape index (κ3) is 5.14. The molecule has 2 N–H and O–H groups in total. The summed E-state index contributed by atoms with van der Waals surface area (Å²) in [5.74, 6) is 1.07. The molecule has 1 aromatic heterocycles. The normalized spacial score (nSPS) is 11.8. The molecule has 0 aliphatic heterocycles. The molecule has 0 saturated carbocycles. The highest BCUT2D eigenvalue weighted by Gasteiger charge is 2.15. The molecule has 25 heavy (non-hydrogen) atoms. The summed E-state index contributed by atoms with van der Waals surface area (Å²) < 4.78 is 15.7. The van der Waals surface area contributed by atoms with Crippen molar-refractivity contribution in [3.05, 3.63) is 30.0 Å². The molecule has 7 heteroatoms. The van der Waals surface area contributed by atoms with Gasteiger partial charge >= 0.3 is 12.0 Å². The minimum absolute atomic E-state index is 0.238. The van der Waals surface area contributed by atoms with Crippen LogP contribution in [0.25, 0.3) is 11.0 Å². The zero-order valence-corrected chi connectivity index (χ0v) is 14.8. The standard InChI is InChI=1S/C18H24N2O5/c1-12(20-18(22)19-10-5-4-9-16(21)24-3)15-11-13-7-6-8-14(23-2)17(13)25-15/h6-8,11-12H,4-5,9-10H2,1-3H3,(H2,19,20,22). The summed E-state index contributed by atoms with van der Waals surface area (Å²) in [6, 6.07) is 6.97. The Morgan fingerprint density at radius 2 is 2.04 bits per heavy atom. The van der Waals surface area contributed by atoms with Gasteiger partial charge in [-0.1, -0.05) is 12.1 Å². The number of benzene rings is 1. The van der Waals surface area contributed by atoms with Gasteiger partial charge in [0.1, 0.15) is 5.76 Å². The Balaban J connectivity index is 1.82. The van der Waals surface area contributed by atoms with Crippen molar-refractivity contribution < 1.29 is 23.5 Å². The maximum atomic E-state index is 11.9. The molecular weight excluding hydrogens is 324 g/mol. The number of carbonyl (C=O) groups is 2. The number of unbranched alkanes of at least 4 members (excludes halogenated alkanes) is 1.